The smallest absolute Gasteiger partial charge is 0.308 e. The molecule has 1 saturated carbocycles. The number of carboxylic acid groups (broad SMARTS) is 1. The molecular weight excluding hydrogens is 250 g/mol. The maximum absolute atomic E-state index is 11.4. The van der Waals surface area contributed by atoms with Crippen LogP contribution in [0, 0.1) is 11.8 Å². The first-order valence-electron chi connectivity index (χ1n) is 7.74. The predicted octanol–water partition coefficient (Wildman–Crippen LogP) is 3.33. The standard InChI is InChI=1S/C17H23NO2/c1-12(17(19)20)16-10-14-8-4-5-9-15(14)18(16)11-13-6-2-3-7-13/h4-5,8-9,12-13,16H,2-3,6-7,10-11H2,1H3,(H,19,20). The normalized spacial score (nSPS) is 23.9. The largest absolute Gasteiger partial charge is 0.481 e. The molecule has 2 aliphatic rings. The van der Waals surface area contributed by atoms with E-state index in [9.17, 15) is 9.90 Å². The van der Waals surface area contributed by atoms with Crippen LogP contribution < -0.4 is 4.90 Å². The average molecular weight is 273 g/mol. The minimum absolute atomic E-state index is 0.116. The topological polar surface area (TPSA) is 40.5 Å². The summed E-state index contributed by atoms with van der Waals surface area (Å²) >= 11 is 0. The first-order valence-corrected chi connectivity index (χ1v) is 7.74. The van der Waals surface area contributed by atoms with Crippen molar-refractivity contribution < 1.29 is 9.90 Å². The molecule has 1 aliphatic heterocycles. The van der Waals surface area contributed by atoms with Crippen molar-refractivity contribution in [2.45, 2.75) is 45.1 Å². The third-order valence-corrected chi connectivity index (χ3v) is 5.03. The maximum Gasteiger partial charge on any atom is 0.308 e. The Kier molecular flexibility index (Phi) is 3.68. The van der Waals surface area contributed by atoms with E-state index < -0.39 is 5.97 Å². The molecule has 1 heterocycles. The van der Waals surface area contributed by atoms with E-state index in [0.717, 1.165) is 18.9 Å². The average Bonchev–Trinajstić information content (AvgIpc) is 3.07. The highest BCUT2D eigenvalue weighted by Gasteiger charge is 2.37. The number of rotatable bonds is 4. The van der Waals surface area contributed by atoms with E-state index in [0.29, 0.717) is 0 Å². The molecule has 2 unspecified atom stereocenters. The Morgan fingerprint density at radius 1 is 1.35 bits per heavy atom. The predicted molar refractivity (Wildman–Crippen MR) is 80.0 cm³/mol. The van der Waals surface area contributed by atoms with Gasteiger partial charge in [-0.25, -0.2) is 0 Å². The summed E-state index contributed by atoms with van der Waals surface area (Å²) in [5.41, 5.74) is 2.57. The van der Waals surface area contributed by atoms with Crippen LogP contribution in [0.2, 0.25) is 0 Å². The summed E-state index contributed by atoms with van der Waals surface area (Å²) < 4.78 is 0. The molecule has 3 rings (SSSR count). The fraction of sp³-hybridized carbons (Fsp3) is 0.588. The quantitative estimate of drug-likeness (QED) is 0.914. The molecule has 1 aromatic rings. The van der Waals surface area contributed by atoms with Gasteiger partial charge in [-0.1, -0.05) is 31.0 Å². The van der Waals surface area contributed by atoms with Crippen LogP contribution in [-0.2, 0) is 11.2 Å². The van der Waals surface area contributed by atoms with E-state index in [1.165, 1.54) is 36.9 Å². The van der Waals surface area contributed by atoms with E-state index >= 15 is 0 Å². The van der Waals surface area contributed by atoms with Crippen LogP contribution in [-0.4, -0.2) is 23.7 Å². The summed E-state index contributed by atoms with van der Waals surface area (Å²) in [6.07, 6.45) is 6.13. The minimum Gasteiger partial charge on any atom is -0.481 e. The molecule has 0 bridgehead atoms. The van der Waals surface area contributed by atoms with Gasteiger partial charge in [0.2, 0.25) is 0 Å². The van der Waals surface area contributed by atoms with Crippen molar-refractivity contribution in [1.29, 1.82) is 0 Å². The first-order chi connectivity index (χ1) is 9.66. The van der Waals surface area contributed by atoms with Crippen molar-refractivity contribution >= 4 is 11.7 Å². The summed E-state index contributed by atoms with van der Waals surface area (Å²) in [4.78, 5) is 13.8. The van der Waals surface area contributed by atoms with Crippen molar-refractivity contribution in [2.24, 2.45) is 11.8 Å². The molecule has 0 amide bonds. The fourth-order valence-electron chi connectivity index (χ4n) is 3.79. The minimum atomic E-state index is -0.681. The van der Waals surface area contributed by atoms with E-state index in [1.807, 2.05) is 6.92 Å². The molecule has 1 fully saturated rings. The first kappa shape index (κ1) is 13.5. The second kappa shape index (κ2) is 5.47. The van der Waals surface area contributed by atoms with Crippen molar-refractivity contribution in [2.75, 3.05) is 11.4 Å². The third kappa shape index (κ3) is 2.41. The Morgan fingerprint density at radius 2 is 2.05 bits per heavy atom. The van der Waals surface area contributed by atoms with Gasteiger partial charge in [0.15, 0.2) is 0 Å². The van der Waals surface area contributed by atoms with E-state index in [1.54, 1.807) is 0 Å². The number of carboxylic acids is 1. The molecule has 1 aromatic carbocycles. The molecule has 3 nitrogen and oxygen atoms in total. The number of nitrogens with zero attached hydrogens (tertiary/aromatic N) is 1. The summed E-state index contributed by atoms with van der Waals surface area (Å²) in [6.45, 7) is 2.87. The van der Waals surface area contributed by atoms with Gasteiger partial charge >= 0.3 is 5.97 Å². The molecule has 3 heteroatoms. The summed E-state index contributed by atoms with van der Waals surface area (Å²) in [5, 5.41) is 9.37. The highest BCUT2D eigenvalue weighted by atomic mass is 16.4. The van der Waals surface area contributed by atoms with Crippen LogP contribution in [0.3, 0.4) is 0 Å². The number of carbonyl (C=O) groups is 1. The highest BCUT2D eigenvalue weighted by Crippen LogP contribution is 2.37. The van der Waals surface area contributed by atoms with Crippen LogP contribution in [0.1, 0.15) is 38.2 Å². The molecule has 0 radical (unpaired) electrons. The number of fused-ring (bicyclic) bond motifs is 1. The monoisotopic (exact) mass is 273 g/mol. The summed E-state index contributed by atoms with van der Waals surface area (Å²) in [7, 11) is 0. The van der Waals surface area contributed by atoms with Crippen LogP contribution >= 0.6 is 0 Å². The van der Waals surface area contributed by atoms with Gasteiger partial charge in [-0.3, -0.25) is 4.79 Å². The lowest BCUT2D eigenvalue weighted by molar-refractivity contribution is -0.141. The molecule has 20 heavy (non-hydrogen) atoms. The number of anilines is 1. The highest BCUT2D eigenvalue weighted by molar-refractivity contribution is 5.73. The Bertz CT molecular complexity index is 494. The van der Waals surface area contributed by atoms with Crippen LogP contribution in [0.4, 0.5) is 5.69 Å². The van der Waals surface area contributed by atoms with Gasteiger partial charge in [-0.05, 0) is 43.7 Å². The molecule has 108 valence electrons. The molecule has 1 aliphatic carbocycles. The fourth-order valence-corrected chi connectivity index (χ4v) is 3.79. The van der Waals surface area contributed by atoms with E-state index in [4.69, 9.17) is 0 Å². The maximum atomic E-state index is 11.4. The molecule has 0 saturated heterocycles. The Hall–Kier alpha value is -1.51. The molecule has 1 N–H and O–H groups in total. The molecule has 2 atom stereocenters. The Labute approximate surface area is 120 Å². The number of para-hydroxylation sites is 1. The lowest BCUT2D eigenvalue weighted by Crippen LogP contribution is -2.42. The molecule has 0 aromatic heterocycles. The zero-order valence-electron chi connectivity index (χ0n) is 12.1. The number of hydrogen-bond acceptors (Lipinski definition) is 2. The molecule has 0 spiro atoms. The van der Waals surface area contributed by atoms with Crippen LogP contribution in [0.5, 0.6) is 0 Å². The third-order valence-electron chi connectivity index (χ3n) is 5.03. The van der Waals surface area contributed by atoms with Gasteiger partial charge in [-0.15, -0.1) is 0 Å². The second-order valence-electron chi connectivity index (χ2n) is 6.33. The Balaban J connectivity index is 1.85. The van der Waals surface area contributed by atoms with Gasteiger partial charge in [0.1, 0.15) is 0 Å². The number of benzene rings is 1. The summed E-state index contributed by atoms with van der Waals surface area (Å²) in [5.74, 6) is -0.257. The van der Waals surface area contributed by atoms with Crippen LogP contribution in [0.15, 0.2) is 24.3 Å². The van der Waals surface area contributed by atoms with Gasteiger partial charge in [0.25, 0.3) is 0 Å². The zero-order valence-corrected chi connectivity index (χ0v) is 12.1. The SMILES string of the molecule is CC(C(=O)O)C1Cc2ccccc2N1CC1CCCC1. The van der Waals surface area contributed by atoms with Gasteiger partial charge in [-0.2, -0.15) is 0 Å². The number of aliphatic carboxylic acids is 1. The van der Waals surface area contributed by atoms with Crippen LogP contribution in [0.25, 0.3) is 0 Å². The second-order valence-corrected chi connectivity index (χ2v) is 6.33. The number of hydrogen-bond donors (Lipinski definition) is 1. The lowest BCUT2D eigenvalue weighted by atomic mass is 9.97. The summed E-state index contributed by atoms with van der Waals surface area (Å²) in [6, 6.07) is 8.53. The van der Waals surface area contributed by atoms with Crippen molar-refractivity contribution in [3.63, 3.8) is 0 Å². The Morgan fingerprint density at radius 3 is 2.75 bits per heavy atom. The van der Waals surface area contributed by atoms with Gasteiger partial charge in [0.05, 0.1) is 5.92 Å². The van der Waals surface area contributed by atoms with Gasteiger partial charge < -0.3 is 10.0 Å². The zero-order chi connectivity index (χ0) is 14.1. The van der Waals surface area contributed by atoms with Crippen molar-refractivity contribution in [1.82, 2.24) is 0 Å². The molecular formula is C17H23NO2. The van der Waals surface area contributed by atoms with Gasteiger partial charge in [0, 0.05) is 18.3 Å². The van der Waals surface area contributed by atoms with E-state index in [-0.39, 0.29) is 12.0 Å². The van der Waals surface area contributed by atoms with E-state index in [2.05, 4.69) is 29.2 Å². The van der Waals surface area contributed by atoms with Crippen molar-refractivity contribution in [3.8, 4) is 0 Å². The van der Waals surface area contributed by atoms with Crippen molar-refractivity contribution in [3.05, 3.63) is 29.8 Å². The lowest BCUT2D eigenvalue weighted by Gasteiger charge is -2.32.